The first-order valence-corrected chi connectivity index (χ1v) is 5.28. The maximum absolute atomic E-state index is 3.48. The molecule has 0 aromatic heterocycles. The fourth-order valence-electron chi connectivity index (χ4n) is 1.91. The molecule has 0 radical (unpaired) electrons. The van der Waals surface area contributed by atoms with Crippen LogP contribution in [0.25, 0.3) is 0 Å². The van der Waals surface area contributed by atoms with E-state index in [1.165, 1.54) is 6.42 Å². The Balaban J connectivity index is 2.21. The molecule has 1 aliphatic heterocycles. The molecule has 1 aliphatic rings. The van der Waals surface area contributed by atoms with Gasteiger partial charge in [0, 0.05) is 12.1 Å². The Hall–Kier alpha value is -0.0400. The molecule has 0 aromatic carbocycles. The lowest BCUT2D eigenvalue weighted by molar-refractivity contribution is 0.327. The summed E-state index contributed by atoms with van der Waals surface area (Å²) < 4.78 is 0. The summed E-state index contributed by atoms with van der Waals surface area (Å²) in [7, 11) is 0. The van der Waals surface area contributed by atoms with E-state index in [0.29, 0.717) is 0 Å². The molecule has 1 heterocycles. The van der Waals surface area contributed by atoms with Gasteiger partial charge in [0.05, 0.1) is 0 Å². The van der Waals surface area contributed by atoms with E-state index in [1.54, 1.807) is 0 Å². The van der Waals surface area contributed by atoms with Gasteiger partial charge in [0.1, 0.15) is 0 Å². The highest BCUT2D eigenvalue weighted by molar-refractivity contribution is 4.97. The number of hydrogen-bond donors (Lipinski definition) is 1. The summed E-state index contributed by atoms with van der Waals surface area (Å²) in [6.07, 6.45) is 1.37. The van der Waals surface area contributed by atoms with Crippen LogP contribution in [0.3, 0.4) is 0 Å². The van der Waals surface area contributed by atoms with E-state index < -0.39 is 0 Å². The molecule has 0 aliphatic carbocycles. The van der Waals surface area contributed by atoms with E-state index in [0.717, 1.165) is 29.8 Å². The van der Waals surface area contributed by atoms with E-state index >= 15 is 0 Å². The molecule has 72 valence electrons. The molecule has 0 saturated carbocycles. The zero-order chi connectivity index (χ0) is 9.30. The molecule has 1 heteroatoms. The maximum atomic E-state index is 3.48. The SMILES string of the molecule is CC(C[C@@H](C)C(C)C)C1NC1C. The van der Waals surface area contributed by atoms with E-state index in [-0.39, 0.29) is 0 Å². The minimum Gasteiger partial charge on any atom is -0.308 e. The monoisotopic (exact) mass is 169 g/mol. The van der Waals surface area contributed by atoms with E-state index in [2.05, 4.69) is 39.9 Å². The van der Waals surface area contributed by atoms with Crippen molar-refractivity contribution in [3.8, 4) is 0 Å². The Morgan fingerprint density at radius 2 is 1.67 bits per heavy atom. The van der Waals surface area contributed by atoms with Crippen LogP contribution >= 0.6 is 0 Å². The van der Waals surface area contributed by atoms with E-state index in [4.69, 9.17) is 0 Å². The Kier molecular flexibility index (Phi) is 3.16. The summed E-state index contributed by atoms with van der Waals surface area (Å²) in [6.45, 7) is 11.7. The van der Waals surface area contributed by atoms with Crippen molar-refractivity contribution in [3.05, 3.63) is 0 Å². The quantitative estimate of drug-likeness (QED) is 0.642. The number of hydrogen-bond acceptors (Lipinski definition) is 1. The lowest BCUT2D eigenvalue weighted by Crippen LogP contribution is -2.15. The van der Waals surface area contributed by atoms with Gasteiger partial charge in [-0.05, 0) is 31.1 Å². The fourth-order valence-corrected chi connectivity index (χ4v) is 1.91. The second-order valence-corrected chi connectivity index (χ2v) is 4.92. The van der Waals surface area contributed by atoms with Gasteiger partial charge < -0.3 is 5.32 Å². The number of nitrogens with one attached hydrogen (secondary N) is 1. The largest absolute Gasteiger partial charge is 0.308 e. The van der Waals surface area contributed by atoms with Gasteiger partial charge >= 0.3 is 0 Å². The van der Waals surface area contributed by atoms with Crippen LogP contribution in [0, 0.1) is 17.8 Å². The topological polar surface area (TPSA) is 21.9 Å². The van der Waals surface area contributed by atoms with Crippen molar-refractivity contribution in [2.75, 3.05) is 0 Å². The third-order valence-electron chi connectivity index (χ3n) is 3.38. The van der Waals surface area contributed by atoms with Gasteiger partial charge in [0.25, 0.3) is 0 Å². The molecule has 0 amide bonds. The molecule has 0 bridgehead atoms. The highest BCUT2D eigenvalue weighted by Crippen LogP contribution is 2.27. The average Bonchev–Trinajstić information content (AvgIpc) is 2.66. The van der Waals surface area contributed by atoms with Crippen molar-refractivity contribution in [3.63, 3.8) is 0 Å². The molecular weight excluding hydrogens is 146 g/mol. The van der Waals surface area contributed by atoms with Crippen molar-refractivity contribution in [1.29, 1.82) is 0 Å². The predicted octanol–water partition coefficient (Wildman–Crippen LogP) is 2.67. The van der Waals surface area contributed by atoms with Crippen LogP contribution in [0.4, 0.5) is 0 Å². The first-order chi connectivity index (χ1) is 5.52. The van der Waals surface area contributed by atoms with Gasteiger partial charge in [0.2, 0.25) is 0 Å². The van der Waals surface area contributed by atoms with Crippen molar-refractivity contribution < 1.29 is 0 Å². The van der Waals surface area contributed by atoms with Crippen molar-refractivity contribution in [2.45, 2.75) is 53.1 Å². The fraction of sp³-hybridized carbons (Fsp3) is 1.00. The number of rotatable bonds is 4. The van der Waals surface area contributed by atoms with Gasteiger partial charge in [-0.15, -0.1) is 0 Å². The molecular formula is C11H23N. The van der Waals surface area contributed by atoms with Crippen LogP contribution in [0.15, 0.2) is 0 Å². The Bertz CT molecular complexity index is 142. The minimum atomic E-state index is 0.777. The lowest BCUT2D eigenvalue weighted by atomic mass is 9.87. The normalized spacial score (nSPS) is 33.5. The summed E-state index contributed by atoms with van der Waals surface area (Å²) in [5.74, 6) is 2.56. The summed E-state index contributed by atoms with van der Waals surface area (Å²) in [6, 6.07) is 1.59. The van der Waals surface area contributed by atoms with Crippen LogP contribution in [-0.4, -0.2) is 12.1 Å². The second kappa shape index (κ2) is 3.78. The van der Waals surface area contributed by atoms with Crippen molar-refractivity contribution in [1.82, 2.24) is 5.32 Å². The zero-order valence-electron chi connectivity index (χ0n) is 9.09. The first-order valence-electron chi connectivity index (χ1n) is 5.28. The zero-order valence-corrected chi connectivity index (χ0v) is 9.09. The molecule has 1 N–H and O–H groups in total. The highest BCUT2D eigenvalue weighted by Gasteiger charge is 2.36. The molecule has 4 atom stereocenters. The average molecular weight is 169 g/mol. The summed E-state index contributed by atoms with van der Waals surface area (Å²) in [5, 5.41) is 3.48. The van der Waals surface area contributed by atoms with Crippen LogP contribution in [-0.2, 0) is 0 Å². The summed E-state index contributed by atoms with van der Waals surface area (Å²) in [5.41, 5.74) is 0. The minimum absolute atomic E-state index is 0.777. The lowest BCUT2D eigenvalue weighted by Gasteiger charge is -2.19. The summed E-state index contributed by atoms with van der Waals surface area (Å²) in [4.78, 5) is 0. The van der Waals surface area contributed by atoms with Gasteiger partial charge in [0.15, 0.2) is 0 Å². The van der Waals surface area contributed by atoms with Gasteiger partial charge in [-0.25, -0.2) is 0 Å². The van der Waals surface area contributed by atoms with Crippen LogP contribution in [0.1, 0.15) is 41.0 Å². The first kappa shape index (κ1) is 10.0. The molecule has 1 rings (SSSR count). The third kappa shape index (κ3) is 2.48. The van der Waals surface area contributed by atoms with Crippen molar-refractivity contribution in [2.24, 2.45) is 17.8 Å². The standard InChI is InChI=1S/C11H23N/c1-7(2)8(3)6-9(4)11-10(5)12-11/h7-12H,6H2,1-5H3/t8-,9?,10?,11?/m1/s1. The molecule has 1 saturated heterocycles. The maximum Gasteiger partial charge on any atom is 0.0247 e. The molecule has 0 aromatic rings. The van der Waals surface area contributed by atoms with Gasteiger partial charge in [-0.1, -0.05) is 27.7 Å². The second-order valence-electron chi connectivity index (χ2n) is 4.92. The molecule has 1 fully saturated rings. The van der Waals surface area contributed by atoms with Gasteiger partial charge in [-0.3, -0.25) is 0 Å². The van der Waals surface area contributed by atoms with Crippen molar-refractivity contribution >= 4 is 0 Å². The Morgan fingerprint density at radius 1 is 1.17 bits per heavy atom. The van der Waals surface area contributed by atoms with E-state index in [1.807, 2.05) is 0 Å². The smallest absolute Gasteiger partial charge is 0.0247 e. The molecule has 12 heavy (non-hydrogen) atoms. The summed E-state index contributed by atoms with van der Waals surface area (Å²) >= 11 is 0. The third-order valence-corrected chi connectivity index (χ3v) is 3.38. The van der Waals surface area contributed by atoms with Gasteiger partial charge in [-0.2, -0.15) is 0 Å². The molecule has 3 unspecified atom stereocenters. The van der Waals surface area contributed by atoms with Crippen LogP contribution in [0.2, 0.25) is 0 Å². The molecule has 0 spiro atoms. The van der Waals surface area contributed by atoms with Crippen LogP contribution < -0.4 is 5.32 Å². The Labute approximate surface area is 76.9 Å². The van der Waals surface area contributed by atoms with E-state index in [9.17, 15) is 0 Å². The highest BCUT2D eigenvalue weighted by atomic mass is 15.1. The Morgan fingerprint density at radius 3 is 2.00 bits per heavy atom. The molecule has 1 nitrogen and oxygen atoms in total. The predicted molar refractivity (Wildman–Crippen MR) is 54.2 cm³/mol. The van der Waals surface area contributed by atoms with Crippen LogP contribution in [0.5, 0.6) is 0 Å².